The molecule has 4 rings (SSSR count). The van der Waals surface area contributed by atoms with Crippen LogP contribution in [0, 0.1) is 12.8 Å². The largest absolute Gasteiger partial charge is 0.444 e. The number of ether oxygens (including phenoxy) is 1. The number of piperidine rings is 1. The van der Waals surface area contributed by atoms with Gasteiger partial charge < -0.3 is 19.9 Å². The molecule has 11 heteroatoms. The molecule has 1 aromatic rings. The zero-order chi connectivity index (χ0) is 32.1. The molecule has 1 saturated carbocycles. The number of benzene rings is 1. The summed E-state index contributed by atoms with van der Waals surface area (Å²) >= 11 is 0. The maximum atomic E-state index is 13.3. The van der Waals surface area contributed by atoms with E-state index in [4.69, 9.17) is 9.73 Å². The molecule has 44 heavy (non-hydrogen) atoms. The molecular formula is C33H51N5O5S. The van der Waals surface area contributed by atoms with E-state index >= 15 is 0 Å². The summed E-state index contributed by atoms with van der Waals surface area (Å²) in [6, 6.07) is 5.80. The molecule has 1 spiro atoms. The van der Waals surface area contributed by atoms with E-state index in [-0.39, 0.29) is 25.1 Å². The molecule has 10 nitrogen and oxygen atoms in total. The number of carbonyl (C=O) groups excluding carboxylic acids is 2. The van der Waals surface area contributed by atoms with Gasteiger partial charge in [0.1, 0.15) is 17.0 Å². The minimum Gasteiger partial charge on any atom is -0.444 e. The molecule has 1 saturated heterocycles. The summed E-state index contributed by atoms with van der Waals surface area (Å²) in [4.78, 5) is 34.5. The predicted octanol–water partition coefficient (Wildman–Crippen LogP) is 4.93. The Morgan fingerprint density at radius 1 is 1.14 bits per heavy atom. The Morgan fingerprint density at radius 3 is 2.43 bits per heavy atom. The molecule has 0 atom stereocenters. The van der Waals surface area contributed by atoms with E-state index < -0.39 is 21.2 Å². The molecule has 0 aromatic heterocycles. The van der Waals surface area contributed by atoms with Crippen LogP contribution in [0.15, 0.2) is 28.6 Å². The van der Waals surface area contributed by atoms with Gasteiger partial charge in [0.05, 0.1) is 0 Å². The predicted molar refractivity (Wildman–Crippen MR) is 175 cm³/mol. The van der Waals surface area contributed by atoms with Crippen molar-refractivity contribution in [1.29, 1.82) is 0 Å². The van der Waals surface area contributed by atoms with Crippen LogP contribution in [0.1, 0.15) is 88.8 Å². The SMILES string of the molecule is Cc1cc(CN(CCCN(C)C)C(=O)OC(C)(C)C)ccc1C=CS(=O)(=O)N1CCC2(CC1)N=C(C1CCCCC1)NC2=O. The lowest BCUT2D eigenvalue weighted by Gasteiger charge is -2.34. The zero-order valence-corrected chi connectivity index (χ0v) is 28.2. The fourth-order valence-corrected chi connectivity index (χ4v) is 7.37. The normalized spacial score (nSPS) is 19.9. The minimum absolute atomic E-state index is 0.0793. The number of nitrogens with one attached hydrogen (secondary N) is 1. The topological polar surface area (TPSA) is 112 Å². The van der Waals surface area contributed by atoms with Crippen LogP contribution in [0.3, 0.4) is 0 Å². The number of sulfonamides is 1. The second-order valence-corrected chi connectivity index (χ2v) is 15.6. The van der Waals surface area contributed by atoms with Crippen LogP contribution in [-0.4, -0.2) is 91.8 Å². The van der Waals surface area contributed by atoms with E-state index in [2.05, 4.69) is 10.2 Å². The molecule has 1 aromatic carbocycles. The number of nitrogens with zero attached hydrogens (tertiary/aromatic N) is 4. The van der Waals surface area contributed by atoms with E-state index in [9.17, 15) is 18.0 Å². The number of amidine groups is 1. The van der Waals surface area contributed by atoms with Crippen molar-refractivity contribution in [3.63, 3.8) is 0 Å². The Bertz CT molecular complexity index is 1350. The first-order valence-corrected chi connectivity index (χ1v) is 17.5. The molecule has 244 valence electrons. The van der Waals surface area contributed by atoms with Crippen LogP contribution in [0.5, 0.6) is 0 Å². The molecule has 1 N–H and O–H groups in total. The summed E-state index contributed by atoms with van der Waals surface area (Å²) in [5, 5.41) is 4.29. The first-order valence-electron chi connectivity index (χ1n) is 16.0. The Morgan fingerprint density at radius 2 is 1.82 bits per heavy atom. The van der Waals surface area contributed by atoms with Gasteiger partial charge in [-0.1, -0.05) is 37.5 Å². The van der Waals surface area contributed by atoms with Crippen molar-refractivity contribution in [3.8, 4) is 0 Å². The van der Waals surface area contributed by atoms with Gasteiger partial charge in [0.2, 0.25) is 10.0 Å². The third kappa shape index (κ3) is 8.91. The van der Waals surface area contributed by atoms with Crippen molar-refractivity contribution < 1.29 is 22.7 Å². The molecule has 2 aliphatic heterocycles. The van der Waals surface area contributed by atoms with Crippen LogP contribution < -0.4 is 5.32 Å². The lowest BCUT2D eigenvalue weighted by molar-refractivity contribution is -0.125. The van der Waals surface area contributed by atoms with E-state index in [1.807, 2.05) is 60.0 Å². The third-order valence-corrected chi connectivity index (χ3v) is 10.3. The number of aryl methyl sites for hydroxylation is 1. The summed E-state index contributed by atoms with van der Waals surface area (Å²) in [6.45, 7) is 9.85. The first kappa shape index (κ1) is 34.1. The summed E-state index contributed by atoms with van der Waals surface area (Å²) in [5.74, 6) is 1.05. The van der Waals surface area contributed by atoms with Gasteiger partial charge in [-0.2, -0.15) is 4.31 Å². The van der Waals surface area contributed by atoms with Gasteiger partial charge in [-0.05, 0) is 103 Å². The minimum atomic E-state index is -3.67. The second-order valence-electron chi connectivity index (χ2n) is 13.8. The molecule has 2 amide bonds. The number of carbonyl (C=O) groups is 2. The first-order chi connectivity index (χ1) is 20.7. The Kier molecular flexibility index (Phi) is 11.0. The van der Waals surface area contributed by atoms with Crippen LogP contribution in [-0.2, 0) is 26.1 Å². The van der Waals surface area contributed by atoms with Gasteiger partial charge >= 0.3 is 6.09 Å². The summed E-state index contributed by atoms with van der Waals surface area (Å²) < 4.78 is 33.6. The highest BCUT2D eigenvalue weighted by molar-refractivity contribution is 7.92. The summed E-state index contributed by atoms with van der Waals surface area (Å²) in [5.41, 5.74) is 1.23. The highest BCUT2D eigenvalue weighted by atomic mass is 32.2. The van der Waals surface area contributed by atoms with Crippen LogP contribution in [0.4, 0.5) is 4.79 Å². The summed E-state index contributed by atoms with van der Waals surface area (Å²) in [6.07, 6.45) is 8.54. The van der Waals surface area contributed by atoms with Crippen molar-refractivity contribution >= 4 is 33.9 Å². The van der Waals surface area contributed by atoms with E-state index in [1.165, 1.54) is 16.1 Å². The molecule has 0 radical (unpaired) electrons. The average Bonchev–Trinajstić information content (AvgIpc) is 3.26. The molecule has 0 bridgehead atoms. The molecular weight excluding hydrogens is 578 g/mol. The lowest BCUT2D eigenvalue weighted by atomic mass is 9.88. The number of hydrogen-bond donors (Lipinski definition) is 1. The van der Waals surface area contributed by atoms with E-state index in [0.717, 1.165) is 61.2 Å². The number of amides is 2. The smallest absolute Gasteiger partial charge is 0.410 e. The Labute approximate surface area is 263 Å². The zero-order valence-electron chi connectivity index (χ0n) is 27.4. The Balaban J connectivity index is 1.38. The quantitative estimate of drug-likeness (QED) is 0.393. The third-order valence-electron chi connectivity index (χ3n) is 8.71. The molecule has 1 aliphatic carbocycles. The van der Waals surface area contributed by atoms with Gasteiger partial charge in [0.15, 0.2) is 0 Å². The van der Waals surface area contributed by atoms with Crippen LogP contribution >= 0.6 is 0 Å². The maximum Gasteiger partial charge on any atom is 0.410 e. The number of aliphatic imine (C=N–C) groups is 1. The molecule has 0 unspecified atom stereocenters. The van der Waals surface area contributed by atoms with E-state index in [1.54, 1.807) is 11.0 Å². The maximum absolute atomic E-state index is 13.3. The van der Waals surface area contributed by atoms with Crippen molar-refractivity contribution in [3.05, 3.63) is 40.3 Å². The Hall–Kier alpha value is -2.76. The standard InChI is InChI=1S/C33H51N5O5S/c1-25-23-26(24-37(19-10-18-36(5)6)31(40)43-32(2,3)4)13-14-27(25)15-22-44(41,42)38-20-16-33(17-21-38)30(39)34-29(35-33)28-11-8-7-9-12-28/h13-15,22-23,28H,7-12,16-21,24H2,1-6H3,(H,34,35,39). The second kappa shape index (κ2) is 14.1. The van der Waals surface area contributed by atoms with E-state index in [0.29, 0.717) is 31.8 Å². The fraction of sp³-hybridized carbons (Fsp3) is 0.667. The lowest BCUT2D eigenvalue weighted by Crippen LogP contribution is -2.50. The molecule has 2 heterocycles. The van der Waals surface area contributed by atoms with Crippen molar-refractivity contribution in [2.45, 2.75) is 96.7 Å². The van der Waals surface area contributed by atoms with Crippen LogP contribution in [0.25, 0.3) is 6.08 Å². The molecule has 2 fully saturated rings. The van der Waals surface area contributed by atoms with Crippen molar-refractivity contribution in [2.24, 2.45) is 10.9 Å². The van der Waals surface area contributed by atoms with Gasteiger partial charge in [-0.25, -0.2) is 13.2 Å². The van der Waals surface area contributed by atoms with Crippen molar-refractivity contribution in [2.75, 3.05) is 40.3 Å². The molecule has 3 aliphatic rings. The highest BCUT2D eigenvalue weighted by Gasteiger charge is 2.48. The average molecular weight is 630 g/mol. The van der Waals surface area contributed by atoms with Gasteiger partial charge in [0.25, 0.3) is 5.91 Å². The van der Waals surface area contributed by atoms with Crippen molar-refractivity contribution in [1.82, 2.24) is 19.4 Å². The highest BCUT2D eigenvalue weighted by Crippen LogP contribution is 2.35. The van der Waals surface area contributed by atoms with Gasteiger partial charge in [0, 0.05) is 37.5 Å². The summed E-state index contributed by atoms with van der Waals surface area (Å²) in [7, 11) is 0.338. The number of hydrogen-bond acceptors (Lipinski definition) is 7. The van der Waals surface area contributed by atoms with Gasteiger partial charge in [-0.3, -0.25) is 9.79 Å². The van der Waals surface area contributed by atoms with Crippen LogP contribution in [0.2, 0.25) is 0 Å². The van der Waals surface area contributed by atoms with Gasteiger partial charge in [-0.15, -0.1) is 0 Å². The number of rotatable bonds is 10. The monoisotopic (exact) mass is 629 g/mol. The fourth-order valence-electron chi connectivity index (χ4n) is 6.19.